The molecule has 3 N–H and O–H groups in total. The molecule has 0 saturated carbocycles. The summed E-state index contributed by atoms with van der Waals surface area (Å²) in [5, 5.41) is 11.8. The maximum absolute atomic E-state index is 14.6. The van der Waals surface area contributed by atoms with E-state index in [2.05, 4.69) is 48.7 Å². The predicted molar refractivity (Wildman–Crippen MR) is 155 cm³/mol. The predicted octanol–water partition coefficient (Wildman–Crippen LogP) is 6.66. The largest absolute Gasteiger partial charge is 0.337 e. The standard InChI is InChI=1S/C32H24FN7/c33-27-11-5-4-9-24(27)25-10-6-12-28-29(25)38-32(37-28)30-26-14-23(19-36-31(26)40-39-30)22-13-21(17-35-18-22)16-34-15-20-7-2-1-3-8-20/h1-14,17-19,34H,15-16H2,(H,37,38)(H,36,39,40). The van der Waals surface area contributed by atoms with Crippen molar-refractivity contribution in [2.45, 2.75) is 13.1 Å². The number of aromatic nitrogens is 6. The number of para-hydroxylation sites is 1. The molecule has 3 aromatic carbocycles. The van der Waals surface area contributed by atoms with Gasteiger partial charge >= 0.3 is 0 Å². The molecule has 0 aliphatic carbocycles. The van der Waals surface area contributed by atoms with Gasteiger partial charge in [-0.2, -0.15) is 5.10 Å². The molecule has 7 aromatic rings. The number of H-pyrrole nitrogens is 2. The Morgan fingerprint density at radius 2 is 1.55 bits per heavy atom. The number of benzene rings is 3. The van der Waals surface area contributed by atoms with Crippen LogP contribution in [0.1, 0.15) is 11.1 Å². The zero-order valence-electron chi connectivity index (χ0n) is 21.4. The monoisotopic (exact) mass is 525 g/mol. The van der Waals surface area contributed by atoms with Crippen LogP contribution in [-0.4, -0.2) is 30.1 Å². The summed E-state index contributed by atoms with van der Waals surface area (Å²) in [5.74, 6) is 0.297. The van der Waals surface area contributed by atoms with Crippen LogP contribution in [-0.2, 0) is 13.1 Å². The van der Waals surface area contributed by atoms with Gasteiger partial charge in [-0.25, -0.2) is 14.4 Å². The minimum absolute atomic E-state index is 0.287. The normalized spacial score (nSPS) is 11.4. The summed E-state index contributed by atoms with van der Waals surface area (Å²) < 4.78 is 14.6. The van der Waals surface area contributed by atoms with Gasteiger partial charge in [-0.05, 0) is 35.4 Å². The Hall–Kier alpha value is -5.21. The van der Waals surface area contributed by atoms with Crippen LogP contribution in [0.2, 0.25) is 0 Å². The van der Waals surface area contributed by atoms with Crippen LogP contribution in [0, 0.1) is 5.82 Å². The maximum Gasteiger partial charge on any atom is 0.159 e. The number of nitrogens with one attached hydrogen (secondary N) is 3. The highest BCUT2D eigenvalue weighted by atomic mass is 19.1. The van der Waals surface area contributed by atoms with Crippen molar-refractivity contribution in [3.63, 3.8) is 0 Å². The summed E-state index contributed by atoms with van der Waals surface area (Å²) in [6.45, 7) is 1.48. The van der Waals surface area contributed by atoms with Crippen molar-refractivity contribution in [1.29, 1.82) is 0 Å². The van der Waals surface area contributed by atoms with Crippen molar-refractivity contribution in [3.05, 3.63) is 120 Å². The Labute approximate surface area is 229 Å². The van der Waals surface area contributed by atoms with E-state index < -0.39 is 0 Å². The van der Waals surface area contributed by atoms with Crippen LogP contribution >= 0.6 is 0 Å². The number of nitrogens with zero attached hydrogens (tertiary/aromatic N) is 4. The van der Waals surface area contributed by atoms with Gasteiger partial charge in [0.2, 0.25) is 0 Å². The van der Waals surface area contributed by atoms with Gasteiger partial charge in [0.1, 0.15) is 11.5 Å². The van der Waals surface area contributed by atoms with E-state index in [1.54, 1.807) is 12.1 Å². The molecule has 0 radical (unpaired) electrons. The molecule has 0 unspecified atom stereocenters. The summed E-state index contributed by atoms with van der Waals surface area (Å²) in [7, 11) is 0. The van der Waals surface area contributed by atoms with E-state index in [-0.39, 0.29) is 5.82 Å². The average molecular weight is 526 g/mol. The average Bonchev–Trinajstić information content (AvgIpc) is 3.62. The van der Waals surface area contributed by atoms with Gasteiger partial charge in [0.25, 0.3) is 0 Å². The molecule has 0 aliphatic rings. The molecule has 7 rings (SSSR count). The number of aromatic amines is 2. The lowest BCUT2D eigenvalue weighted by Gasteiger charge is -2.07. The maximum atomic E-state index is 14.6. The highest BCUT2D eigenvalue weighted by molar-refractivity contribution is 5.97. The highest BCUT2D eigenvalue weighted by Gasteiger charge is 2.17. The van der Waals surface area contributed by atoms with Gasteiger partial charge in [-0.3, -0.25) is 10.1 Å². The SMILES string of the molecule is Fc1ccccc1-c1cccc2[nH]c(-c3n[nH]c4ncc(-c5cncc(CNCc6ccccc6)c5)cc34)nc12. The van der Waals surface area contributed by atoms with Crippen LogP contribution in [0.4, 0.5) is 4.39 Å². The first-order valence-electron chi connectivity index (χ1n) is 13.0. The van der Waals surface area contributed by atoms with Gasteiger partial charge in [0, 0.05) is 53.9 Å². The molecule has 0 bridgehead atoms. The Bertz CT molecular complexity index is 1960. The highest BCUT2D eigenvalue weighted by Crippen LogP contribution is 2.33. The second-order valence-electron chi connectivity index (χ2n) is 9.63. The lowest BCUT2D eigenvalue weighted by atomic mass is 10.0. The number of rotatable bonds is 7. The Morgan fingerprint density at radius 3 is 2.45 bits per heavy atom. The van der Waals surface area contributed by atoms with Crippen LogP contribution in [0.3, 0.4) is 0 Å². The van der Waals surface area contributed by atoms with Gasteiger partial charge in [0.05, 0.1) is 16.4 Å². The molecule has 40 heavy (non-hydrogen) atoms. The third-order valence-corrected chi connectivity index (χ3v) is 6.95. The first-order chi connectivity index (χ1) is 19.7. The Balaban J connectivity index is 1.21. The fourth-order valence-electron chi connectivity index (χ4n) is 4.97. The molecular weight excluding hydrogens is 501 g/mol. The number of hydrogen-bond donors (Lipinski definition) is 3. The van der Waals surface area contributed by atoms with Gasteiger partial charge < -0.3 is 10.3 Å². The number of halogens is 1. The third-order valence-electron chi connectivity index (χ3n) is 6.95. The van der Waals surface area contributed by atoms with Crippen molar-refractivity contribution in [1.82, 2.24) is 35.5 Å². The van der Waals surface area contributed by atoms with E-state index in [0.717, 1.165) is 39.7 Å². The molecule has 4 aromatic heterocycles. The molecule has 0 atom stereocenters. The molecule has 194 valence electrons. The van der Waals surface area contributed by atoms with Crippen LogP contribution in [0.25, 0.3) is 55.8 Å². The van der Waals surface area contributed by atoms with E-state index in [0.29, 0.717) is 34.8 Å². The van der Waals surface area contributed by atoms with Crippen molar-refractivity contribution in [2.24, 2.45) is 0 Å². The summed E-state index contributed by atoms with van der Waals surface area (Å²) in [5.41, 5.74) is 8.23. The smallest absolute Gasteiger partial charge is 0.159 e. The van der Waals surface area contributed by atoms with Crippen LogP contribution < -0.4 is 5.32 Å². The van der Waals surface area contributed by atoms with E-state index >= 15 is 0 Å². The summed E-state index contributed by atoms with van der Waals surface area (Å²) >= 11 is 0. The van der Waals surface area contributed by atoms with Crippen LogP contribution in [0.15, 0.2) is 104 Å². The Kier molecular flexibility index (Phi) is 6.07. The van der Waals surface area contributed by atoms with Crippen LogP contribution in [0.5, 0.6) is 0 Å². The van der Waals surface area contributed by atoms with Crippen molar-refractivity contribution >= 4 is 22.1 Å². The molecule has 0 saturated heterocycles. The molecule has 7 nitrogen and oxygen atoms in total. The molecule has 0 amide bonds. The molecule has 0 fully saturated rings. The van der Waals surface area contributed by atoms with E-state index in [9.17, 15) is 4.39 Å². The second kappa shape index (κ2) is 10.2. The number of pyridine rings is 2. The molecule has 8 heteroatoms. The van der Waals surface area contributed by atoms with Crippen molar-refractivity contribution < 1.29 is 4.39 Å². The number of imidazole rings is 1. The first kappa shape index (κ1) is 23.9. The van der Waals surface area contributed by atoms with E-state index in [1.165, 1.54) is 11.6 Å². The molecular formula is C32H24FN7. The zero-order valence-corrected chi connectivity index (χ0v) is 21.4. The first-order valence-corrected chi connectivity index (χ1v) is 13.0. The quantitative estimate of drug-likeness (QED) is 0.216. The van der Waals surface area contributed by atoms with Gasteiger partial charge in [0.15, 0.2) is 11.5 Å². The lowest BCUT2D eigenvalue weighted by molar-refractivity contribution is 0.631. The fraction of sp³-hybridized carbons (Fsp3) is 0.0625. The molecule has 0 aliphatic heterocycles. The molecule has 0 spiro atoms. The van der Waals surface area contributed by atoms with Crippen molar-refractivity contribution in [3.8, 4) is 33.8 Å². The number of hydrogen-bond acceptors (Lipinski definition) is 5. The van der Waals surface area contributed by atoms with E-state index in [1.807, 2.05) is 67.1 Å². The fourth-order valence-corrected chi connectivity index (χ4v) is 4.97. The Morgan fingerprint density at radius 1 is 0.750 bits per heavy atom. The lowest BCUT2D eigenvalue weighted by Crippen LogP contribution is -2.12. The minimum Gasteiger partial charge on any atom is -0.337 e. The molecule has 4 heterocycles. The summed E-state index contributed by atoms with van der Waals surface area (Å²) in [4.78, 5) is 17.3. The second-order valence-corrected chi connectivity index (χ2v) is 9.63. The van der Waals surface area contributed by atoms with E-state index in [4.69, 9.17) is 4.98 Å². The third kappa shape index (κ3) is 4.50. The number of fused-ring (bicyclic) bond motifs is 2. The zero-order chi connectivity index (χ0) is 26.9. The minimum atomic E-state index is -0.287. The van der Waals surface area contributed by atoms with Crippen molar-refractivity contribution in [2.75, 3.05) is 0 Å². The summed E-state index contributed by atoms with van der Waals surface area (Å²) in [6, 6.07) is 26.9. The van der Waals surface area contributed by atoms with Gasteiger partial charge in [-0.1, -0.05) is 60.7 Å². The summed E-state index contributed by atoms with van der Waals surface area (Å²) in [6.07, 6.45) is 5.53. The van der Waals surface area contributed by atoms with Gasteiger partial charge in [-0.15, -0.1) is 0 Å². The topological polar surface area (TPSA) is 95.2 Å².